The van der Waals surface area contributed by atoms with Crippen molar-refractivity contribution in [1.29, 1.82) is 0 Å². The highest BCUT2D eigenvalue weighted by Crippen LogP contribution is 2.16. The number of rotatable bonds is 56. The lowest BCUT2D eigenvalue weighted by Crippen LogP contribution is -2.34. The largest absolute Gasteiger partial charge is 0.462 e. The van der Waals surface area contributed by atoms with Crippen molar-refractivity contribution in [2.45, 2.75) is 166 Å². The molecule has 0 N–H and O–H groups in total. The Morgan fingerprint density at radius 1 is 0.326 bits per heavy atom. The summed E-state index contributed by atoms with van der Waals surface area (Å²) in [4.78, 5) is 107. The minimum atomic E-state index is -0.468. The van der Waals surface area contributed by atoms with Crippen molar-refractivity contribution in [3.8, 4) is 0 Å². The van der Waals surface area contributed by atoms with Crippen LogP contribution in [0.3, 0.4) is 0 Å². The fourth-order valence-electron chi connectivity index (χ4n) is 7.34. The van der Waals surface area contributed by atoms with Gasteiger partial charge in [-0.2, -0.15) is 0 Å². The highest BCUT2D eigenvalue weighted by Gasteiger charge is 2.20. The number of allylic oxidation sites excluding steroid dienone is 4. The van der Waals surface area contributed by atoms with Crippen LogP contribution < -0.4 is 0 Å². The van der Waals surface area contributed by atoms with Gasteiger partial charge >= 0.3 is 47.8 Å². The number of carbonyl (C=O) groups is 8. The predicted octanol–water partition coefficient (Wildman–Crippen LogP) is 10.1. The van der Waals surface area contributed by atoms with Gasteiger partial charge in [0.25, 0.3) is 0 Å². The molecule has 0 saturated heterocycles. The predicted molar refractivity (Wildman–Crippen MR) is 350 cm³/mol. The van der Waals surface area contributed by atoms with Crippen LogP contribution in [-0.2, 0) is 76.3 Å². The summed E-state index contributed by atoms with van der Waals surface area (Å²) in [7, 11) is 1.99. The summed E-state index contributed by atoms with van der Waals surface area (Å²) < 4.78 is 42.9. The smallest absolute Gasteiger partial charge is 0.318 e. The zero-order valence-corrected chi connectivity index (χ0v) is 56.7. The van der Waals surface area contributed by atoms with Gasteiger partial charge in [0.05, 0.1) is 46.7 Å². The summed E-state index contributed by atoms with van der Waals surface area (Å²) in [6.07, 6.45) is 26.3. The quantitative estimate of drug-likeness (QED) is 0.0239. The third-order valence-electron chi connectivity index (χ3n) is 12.5. The Labute approximate surface area is 533 Å². The summed E-state index contributed by atoms with van der Waals surface area (Å²) >= 11 is 5.89. The van der Waals surface area contributed by atoms with Crippen molar-refractivity contribution < 1.29 is 76.3 Å². The molecular formula is C63H107N3O16S4. The van der Waals surface area contributed by atoms with E-state index >= 15 is 0 Å². The average molecular weight is 1290 g/mol. The lowest BCUT2D eigenvalue weighted by Gasteiger charge is -2.25. The van der Waals surface area contributed by atoms with Crippen LogP contribution >= 0.6 is 47.0 Å². The van der Waals surface area contributed by atoms with Gasteiger partial charge < -0.3 is 52.6 Å². The molecule has 0 aliphatic heterocycles. The van der Waals surface area contributed by atoms with Crippen LogP contribution in [0.1, 0.15) is 145 Å². The van der Waals surface area contributed by atoms with Crippen LogP contribution in [-0.4, -0.2) is 219 Å². The Morgan fingerprint density at radius 2 is 0.547 bits per heavy atom. The molecule has 0 aromatic heterocycles. The first-order chi connectivity index (χ1) is 41.5. The number of thioether (sulfide) groups is 4. The van der Waals surface area contributed by atoms with Crippen LogP contribution in [0.15, 0.2) is 48.6 Å². The molecule has 4 unspecified atom stereocenters. The lowest BCUT2D eigenvalue weighted by molar-refractivity contribution is -0.152. The normalized spacial score (nSPS) is 13.2. The van der Waals surface area contributed by atoms with Crippen molar-refractivity contribution >= 4 is 94.8 Å². The summed E-state index contributed by atoms with van der Waals surface area (Å²) in [5, 5.41) is -1.44. The zero-order chi connectivity index (χ0) is 63.8. The third-order valence-corrected chi connectivity index (χ3v) is 16.8. The number of hydrogen-bond donors (Lipinski definition) is 0. The van der Waals surface area contributed by atoms with Crippen LogP contribution in [0.4, 0.5) is 0 Å². The lowest BCUT2D eigenvalue weighted by atomic mass is 10.2. The Balaban J connectivity index is 5.50. The number of nitrogens with zero attached hydrogens (tertiary/aromatic N) is 3. The molecule has 4 atom stereocenters. The molecule has 0 spiro atoms. The van der Waals surface area contributed by atoms with Crippen molar-refractivity contribution in [3.63, 3.8) is 0 Å². The van der Waals surface area contributed by atoms with Crippen molar-refractivity contribution in [3.05, 3.63) is 48.6 Å². The first-order valence-electron chi connectivity index (χ1n) is 31.0. The fourth-order valence-corrected chi connectivity index (χ4v) is 10.3. The van der Waals surface area contributed by atoms with Crippen LogP contribution in [0, 0.1) is 0 Å². The van der Waals surface area contributed by atoms with Gasteiger partial charge in [-0.05, 0) is 99.4 Å². The van der Waals surface area contributed by atoms with Gasteiger partial charge in [0.2, 0.25) is 0 Å². The van der Waals surface area contributed by atoms with Gasteiger partial charge in [0.1, 0.15) is 52.9 Å². The topological polar surface area (TPSA) is 220 Å². The Kier molecular flexibility index (Phi) is 54.8. The van der Waals surface area contributed by atoms with Gasteiger partial charge in [0, 0.05) is 49.2 Å². The van der Waals surface area contributed by atoms with E-state index in [1.54, 1.807) is 27.7 Å². The van der Waals surface area contributed by atoms with E-state index in [1.807, 2.05) is 41.2 Å². The monoisotopic (exact) mass is 1290 g/mol. The van der Waals surface area contributed by atoms with Gasteiger partial charge in [-0.3, -0.25) is 38.4 Å². The van der Waals surface area contributed by atoms with Crippen LogP contribution in [0.25, 0.3) is 0 Å². The highest BCUT2D eigenvalue weighted by molar-refractivity contribution is 8.01. The molecule has 0 radical (unpaired) electrons. The SMILES string of the molecule is CCC/C=C/CSC(C)C(=O)OCCOC(=O)CCN(CCCN(C)CCCN(CCC(=O)OCCOC(=O)C(C)SC/C=C/CCC)CCC(=O)OCCOC(=O)C(C)SC/C=C/CCC)CCC(=O)OCCOC(=O)C(C)SC/C=C/CCC. The molecule has 19 nitrogen and oxygen atoms in total. The van der Waals surface area contributed by atoms with Crippen LogP contribution in [0.5, 0.6) is 0 Å². The molecule has 0 heterocycles. The number of ether oxygens (including phenoxy) is 8. The Morgan fingerprint density at radius 3 is 0.767 bits per heavy atom. The average Bonchev–Trinajstić information content (AvgIpc) is 3.51. The number of esters is 8. The number of unbranched alkanes of at least 4 members (excludes halogenated alkanes) is 4. The van der Waals surface area contributed by atoms with E-state index in [0.717, 1.165) is 51.4 Å². The molecule has 0 fully saturated rings. The molecule has 0 aromatic carbocycles. The second-order valence-corrected chi connectivity index (χ2v) is 25.7. The van der Waals surface area contributed by atoms with Gasteiger partial charge in [-0.15, -0.1) is 47.0 Å². The van der Waals surface area contributed by atoms with Crippen LogP contribution in [0.2, 0.25) is 0 Å². The minimum absolute atomic E-state index is 0.0412. The molecule has 0 aromatic rings. The standard InChI is InChI=1S/C63H107N3O16S4/c1-10-14-18-22-48-83-52(5)60(71)79-44-40-75-56(67)28-36-65(37-29-57(68)76-41-45-80-61(72)53(6)84-49-23-19-15-11-2)34-26-32-64(9)33-27-35-66(38-30-58(69)77-42-46-81-62(73)54(7)85-50-24-20-16-12-3)39-31-59(70)78-43-47-82-63(74)55(8)86-51-25-21-17-13-4/h18-25,52-55H,10-17,26-51H2,1-9H3/b22-18+,23-19+,24-20+,25-21+. The Bertz CT molecular complexity index is 1700. The zero-order valence-electron chi connectivity index (χ0n) is 53.5. The van der Waals surface area contributed by atoms with Gasteiger partial charge in [-0.1, -0.05) is 102 Å². The van der Waals surface area contributed by atoms with E-state index in [0.29, 0.717) is 88.2 Å². The van der Waals surface area contributed by atoms with E-state index < -0.39 is 23.9 Å². The second kappa shape index (κ2) is 57.4. The maximum Gasteiger partial charge on any atom is 0.318 e. The van der Waals surface area contributed by atoms with E-state index in [9.17, 15) is 38.4 Å². The first kappa shape index (κ1) is 82.0. The van der Waals surface area contributed by atoms with Crippen molar-refractivity contribution in [2.24, 2.45) is 0 Å². The molecule has 0 aliphatic carbocycles. The molecule has 0 aliphatic rings. The van der Waals surface area contributed by atoms with E-state index in [1.165, 1.54) is 47.0 Å². The summed E-state index contributed by atoms with van der Waals surface area (Å²) in [5.74, 6) is -0.560. The molecule has 0 rings (SSSR count). The fraction of sp³-hybridized carbons (Fsp3) is 0.746. The maximum atomic E-state index is 12.9. The molecule has 86 heavy (non-hydrogen) atoms. The van der Waals surface area contributed by atoms with E-state index in [4.69, 9.17) is 37.9 Å². The molecule has 0 bridgehead atoms. The Hall–Kier alpha value is -4.00. The third kappa shape index (κ3) is 49.9. The highest BCUT2D eigenvalue weighted by atomic mass is 32.2. The molecule has 0 amide bonds. The second-order valence-electron chi connectivity index (χ2n) is 20.2. The minimum Gasteiger partial charge on any atom is -0.462 e. The number of carbonyl (C=O) groups excluding carboxylic acids is 8. The van der Waals surface area contributed by atoms with E-state index in [-0.39, 0.29) is 123 Å². The molecular weight excluding hydrogens is 1180 g/mol. The maximum absolute atomic E-state index is 12.9. The van der Waals surface area contributed by atoms with E-state index in [2.05, 4.69) is 56.9 Å². The summed E-state index contributed by atoms with van der Waals surface area (Å²) in [5.41, 5.74) is 0. The first-order valence-corrected chi connectivity index (χ1v) is 35.2. The van der Waals surface area contributed by atoms with Crippen molar-refractivity contribution in [1.82, 2.24) is 14.7 Å². The van der Waals surface area contributed by atoms with Crippen molar-refractivity contribution in [2.75, 3.05) is 135 Å². The van der Waals surface area contributed by atoms with Gasteiger partial charge in [0.15, 0.2) is 0 Å². The molecule has 23 heteroatoms. The number of hydrogen-bond acceptors (Lipinski definition) is 23. The summed E-state index contributed by atoms with van der Waals surface area (Å²) in [6, 6.07) is 0. The molecule has 0 saturated carbocycles. The van der Waals surface area contributed by atoms with Gasteiger partial charge in [-0.25, -0.2) is 0 Å². The molecule has 494 valence electrons. The summed E-state index contributed by atoms with van der Waals surface area (Å²) in [6.45, 7) is 18.6.